The van der Waals surface area contributed by atoms with Crippen LogP contribution in [0.4, 0.5) is 10.5 Å². The minimum Gasteiger partial charge on any atom is -0.477 e. The van der Waals surface area contributed by atoms with Gasteiger partial charge in [0.25, 0.3) is 5.91 Å². The van der Waals surface area contributed by atoms with E-state index in [1.54, 1.807) is 9.58 Å². The van der Waals surface area contributed by atoms with Crippen LogP contribution in [0.3, 0.4) is 0 Å². The third-order valence-electron chi connectivity index (χ3n) is 4.22. The molecular weight excluding hydrogens is 324 g/mol. The maximum Gasteiger partial charge on any atom is 0.414 e. The fraction of sp³-hybridized carbons (Fsp3) is 0.353. The molecule has 0 aliphatic carbocycles. The molecule has 0 bridgehead atoms. The van der Waals surface area contributed by atoms with Gasteiger partial charge in [0, 0.05) is 18.7 Å². The van der Waals surface area contributed by atoms with Gasteiger partial charge in [-0.05, 0) is 12.1 Å². The molecule has 2 amide bonds. The predicted octanol–water partition coefficient (Wildman–Crippen LogP) is 1.42. The Labute approximate surface area is 144 Å². The van der Waals surface area contributed by atoms with Crippen LogP contribution in [0.1, 0.15) is 16.8 Å². The van der Waals surface area contributed by atoms with E-state index < -0.39 is 12.2 Å². The maximum atomic E-state index is 12.4. The molecule has 1 aromatic heterocycles. The van der Waals surface area contributed by atoms with Crippen molar-refractivity contribution in [2.45, 2.75) is 19.1 Å². The zero-order valence-corrected chi connectivity index (χ0v) is 13.6. The molecule has 1 saturated heterocycles. The molecule has 0 unspecified atom stereocenters. The average Bonchev–Trinajstić information content (AvgIpc) is 3.24. The number of fused-ring (bicyclic) bond motifs is 1. The summed E-state index contributed by atoms with van der Waals surface area (Å²) in [5.74, 6) is 0.218. The Balaban J connectivity index is 1.37. The molecule has 1 N–H and O–H groups in total. The lowest BCUT2D eigenvalue weighted by Gasteiger charge is -2.16. The standard InChI is InChI=1S/C17H18N4O4/c22-15(14-10-19-21-7-4-8-24-16(14)21)18-9-13-11-20(17(23)25-13)12-5-2-1-3-6-12/h1-3,5-6,10,13H,4,7-9,11H2,(H,18,22)/t13-/m0/s1. The Morgan fingerprint density at radius 2 is 2.16 bits per heavy atom. The summed E-state index contributed by atoms with van der Waals surface area (Å²) in [7, 11) is 0. The van der Waals surface area contributed by atoms with E-state index in [0.717, 1.165) is 18.7 Å². The summed E-state index contributed by atoms with van der Waals surface area (Å²) in [6, 6.07) is 9.30. The molecule has 3 heterocycles. The van der Waals surface area contributed by atoms with Gasteiger partial charge in [-0.25, -0.2) is 9.48 Å². The Bertz CT molecular complexity index is 789. The molecule has 8 heteroatoms. The number of nitrogens with zero attached hydrogens (tertiary/aromatic N) is 3. The molecule has 2 aromatic rings. The van der Waals surface area contributed by atoms with Crippen molar-refractivity contribution >= 4 is 17.7 Å². The van der Waals surface area contributed by atoms with Crippen LogP contribution in [0.15, 0.2) is 36.5 Å². The third-order valence-corrected chi connectivity index (χ3v) is 4.22. The van der Waals surface area contributed by atoms with E-state index in [1.165, 1.54) is 6.20 Å². The Morgan fingerprint density at radius 3 is 3.00 bits per heavy atom. The van der Waals surface area contributed by atoms with Crippen molar-refractivity contribution in [3.63, 3.8) is 0 Å². The van der Waals surface area contributed by atoms with E-state index in [0.29, 0.717) is 24.6 Å². The monoisotopic (exact) mass is 342 g/mol. The first-order valence-electron chi connectivity index (χ1n) is 8.22. The number of carbonyl (C=O) groups is 2. The summed E-state index contributed by atoms with van der Waals surface area (Å²) < 4.78 is 12.5. The molecule has 0 saturated carbocycles. The first kappa shape index (κ1) is 15.5. The largest absolute Gasteiger partial charge is 0.477 e. The number of cyclic esters (lactones) is 1. The van der Waals surface area contributed by atoms with Crippen LogP contribution >= 0.6 is 0 Å². The van der Waals surface area contributed by atoms with Crippen molar-refractivity contribution in [3.8, 4) is 5.88 Å². The number of hydrogen-bond donors (Lipinski definition) is 1. The molecule has 1 atom stereocenters. The SMILES string of the molecule is O=C(NC[C@H]1CN(c2ccccc2)C(=O)O1)c1cnn2c1OCCC2. The molecule has 8 nitrogen and oxygen atoms in total. The van der Waals surface area contributed by atoms with Gasteiger partial charge in [-0.3, -0.25) is 9.69 Å². The van der Waals surface area contributed by atoms with Gasteiger partial charge in [0.15, 0.2) is 0 Å². The Hall–Kier alpha value is -3.03. The van der Waals surface area contributed by atoms with Gasteiger partial charge in [-0.2, -0.15) is 5.10 Å². The summed E-state index contributed by atoms with van der Waals surface area (Å²) in [4.78, 5) is 25.9. The third kappa shape index (κ3) is 3.02. The highest BCUT2D eigenvalue weighted by Crippen LogP contribution is 2.23. The summed E-state index contributed by atoms with van der Waals surface area (Å²) in [5, 5.41) is 6.95. The first-order valence-corrected chi connectivity index (χ1v) is 8.22. The predicted molar refractivity (Wildman–Crippen MR) is 88.7 cm³/mol. The van der Waals surface area contributed by atoms with Gasteiger partial charge >= 0.3 is 6.09 Å². The summed E-state index contributed by atoms with van der Waals surface area (Å²) in [6.45, 7) is 1.96. The van der Waals surface area contributed by atoms with Crippen molar-refractivity contribution in [2.24, 2.45) is 0 Å². The van der Waals surface area contributed by atoms with Crippen LogP contribution in [0.25, 0.3) is 0 Å². The highest BCUT2D eigenvalue weighted by Gasteiger charge is 2.33. The summed E-state index contributed by atoms with van der Waals surface area (Å²) >= 11 is 0. The normalized spacial score (nSPS) is 19.1. The lowest BCUT2D eigenvalue weighted by Crippen LogP contribution is -2.34. The van der Waals surface area contributed by atoms with Crippen molar-refractivity contribution in [1.82, 2.24) is 15.1 Å². The topological polar surface area (TPSA) is 85.7 Å². The fourth-order valence-corrected chi connectivity index (χ4v) is 2.97. The molecule has 0 spiro atoms. The highest BCUT2D eigenvalue weighted by atomic mass is 16.6. The van der Waals surface area contributed by atoms with Crippen molar-refractivity contribution in [1.29, 1.82) is 0 Å². The number of nitrogens with one attached hydrogen (secondary N) is 1. The molecule has 130 valence electrons. The quantitative estimate of drug-likeness (QED) is 0.908. The van der Waals surface area contributed by atoms with Crippen LogP contribution in [0.5, 0.6) is 5.88 Å². The van der Waals surface area contributed by atoms with Crippen LogP contribution in [0.2, 0.25) is 0 Å². The van der Waals surface area contributed by atoms with E-state index in [9.17, 15) is 9.59 Å². The zero-order chi connectivity index (χ0) is 17.2. The number of anilines is 1. The average molecular weight is 342 g/mol. The van der Waals surface area contributed by atoms with Gasteiger partial charge in [0.05, 0.1) is 25.9 Å². The minimum absolute atomic E-state index is 0.235. The molecule has 0 radical (unpaired) electrons. The molecule has 1 fully saturated rings. The van der Waals surface area contributed by atoms with E-state index in [1.807, 2.05) is 30.3 Å². The number of aryl methyl sites for hydroxylation is 1. The van der Waals surface area contributed by atoms with E-state index in [4.69, 9.17) is 9.47 Å². The molecule has 1 aromatic carbocycles. The van der Waals surface area contributed by atoms with Gasteiger partial charge < -0.3 is 14.8 Å². The zero-order valence-electron chi connectivity index (χ0n) is 13.6. The smallest absolute Gasteiger partial charge is 0.414 e. The van der Waals surface area contributed by atoms with Gasteiger partial charge in [-0.15, -0.1) is 0 Å². The Kier molecular flexibility index (Phi) is 4.01. The lowest BCUT2D eigenvalue weighted by molar-refractivity contribution is 0.0909. The lowest BCUT2D eigenvalue weighted by atomic mass is 10.2. The number of hydrogen-bond acceptors (Lipinski definition) is 5. The van der Waals surface area contributed by atoms with E-state index in [-0.39, 0.29) is 12.5 Å². The molecule has 2 aliphatic heterocycles. The van der Waals surface area contributed by atoms with E-state index in [2.05, 4.69) is 10.4 Å². The molecular formula is C17H18N4O4. The maximum absolute atomic E-state index is 12.4. The van der Waals surface area contributed by atoms with Crippen LogP contribution in [-0.2, 0) is 11.3 Å². The van der Waals surface area contributed by atoms with Crippen LogP contribution in [0, 0.1) is 0 Å². The Morgan fingerprint density at radius 1 is 1.32 bits per heavy atom. The second kappa shape index (κ2) is 6.46. The summed E-state index contributed by atoms with van der Waals surface area (Å²) in [6.07, 6.45) is 1.58. The number of para-hydroxylation sites is 1. The van der Waals surface area contributed by atoms with Gasteiger partial charge in [0.2, 0.25) is 5.88 Å². The van der Waals surface area contributed by atoms with Crippen molar-refractivity contribution in [2.75, 3.05) is 24.6 Å². The number of aromatic nitrogens is 2. The van der Waals surface area contributed by atoms with E-state index >= 15 is 0 Å². The number of benzene rings is 1. The highest BCUT2D eigenvalue weighted by molar-refractivity contribution is 5.96. The van der Waals surface area contributed by atoms with Gasteiger partial charge in [-0.1, -0.05) is 18.2 Å². The first-order chi connectivity index (χ1) is 12.2. The van der Waals surface area contributed by atoms with Crippen LogP contribution < -0.4 is 15.0 Å². The second-order valence-corrected chi connectivity index (χ2v) is 5.95. The number of amides is 2. The number of carbonyl (C=O) groups excluding carboxylic acids is 2. The van der Waals surface area contributed by atoms with Crippen LogP contribution in [-0.4, -0.2) is 47.6 Å². The second-order valence-electron chi connectivity index (χ2n) is 5.95. The number of ether oxygens (including phenoxy) is 2. The van der Waals surface area contributed by atoms with Gasteiger partial charge in [0.1, 0.15) is 11.7 Å². The van der Waals surface area contributed by atoms with Crippen molar-refractivity contribution in [3.05, 3.63) is 42.1 Å². The fourth-order valence-electron chi connectivity index (χ4n) is 2.97. The number of rotatable bonds is 4. The molecule has 25 heavy (non-hydrogen) atoms. The molecule has 4 rings (SSSR count). The van der Waals surface area contributed by atoms with Crippen molar-refractivity contribution < 1.29 is 19.1 Å². The summed E-state index contributed by atoms with van der Waals surface area (Å²) in [5.41, 5.74) is 1.18. The minimum atomic E-state index is -0.406. The molecule has 2 aliphatic rings.